The van der Waals surface area contributed by atoms with Crippen LogP contribution in [-0.2, 0) is 4.74 Å². The highest BCUT2D eigenvalue weighted by Gasteiger charge is 2.14. The second kappa shape index (κ2) is 6.10. The average molecular weight is 288 g/mol. The smallest absolute Gasteiger partial charge is 0.196 e. The zero-order chi connectivity index (χ0) is 14.7. The maximum absolute atomic E-state index is 13.2. The van der Waals surface area contributed by atoms with Gasteiger partial charge in [-0.15, -0.1) is 0 Å². The summed E-state index contributed by atoms with van der Waals surface area (Å²) >= 11 is 0. The lowest BCUT2D eigenvalue weighted by molar-refractivity contribution is 0.120. The molecule has 0 N–H and O–H groups in total. The minimum Gasteiger partial charge on any atom is -0.440 e. The molecule has 0 radical (unpaired) electrons. The minimum atomic E-state index is -0.221. The highest BCUT2D eigenvalue weighted by molar-refractivity contribution is 5.79. The van der Waals surface area contributed by atoms with Crippen LogP contribution in [0.2, 0.25) is 0 Å². The number of anilines is 1. The van der Waals surface area contributed by atoms with Gasteiger partial charge in [-0.05, 0) is 36.8 Å². The molecule has 1 aliphatic heterocycles. The molecule has 1 aromatic heterocycles. The van der Waals surface area contributed by atoms with Crippen LogP contribution in [0.1, 0.15) is 11.3 Å². The fourth-order valence-corrected chi connectivity index (χ4v) is 2.21. The molecule has 0 atom stereocenters. The first-order valence-corrected chi connectivity index (χ1v) is 6.95. The summed E-state index contributed by atoms with van der Waals surface area (Å²) in [5.74, 6) is 1.29. The molecule has 2 heterocycles. The third kappa shape index (κ3) is 3.31. The highest BCUT2D eigenvalue weighted by Crippen LogP contribution is 2.20. The van der Waals surface area contributed by atoms with Gasteiger partial charge >= 0.3 is 0 Å². The van der Waals surface area contributed by atoms with Crippen LogP contribution in [0, 0.1) is 12.7 Å². The van der Waals surface area contributed by atoms with Gasteiger partial charge in [0.1, 0.15) is 11.6 Å². The van der Waals surface area contributed by atoms with E-state index in [1.807, 2.05) is 12.1 Å². The highest BCUT2D eigenvalue weighted by atomic mass is 19.1. The van der Waals surface area contributed by atoms with Crippen molar-refractivity contribution in [3.8, 4) is 0 Å². The van der Waals surface area contributed by atoms with Crippen molar-refractivity contribution in [2.75, 3.05) is 31.2 Å². The molecule has 3 rings (SSSR count). The van der Waals surface area contributed by atoms with E-state index in [1.165, 1.54) is 6.07 Å². The van der Waals surface area contributed by atoms with Crippen LogP contribution < -0.4 is 4.90 Å². The fourth-order valence-electron chi connectivity index (χ4n) is 2.21. The molecule has 0 saturated carbocycles. The van der Waals surface area contributed by atoms with Crippen LogP contribution in [0.3, 0.4) is 0 Å². The lowest BCUT2D eigenvalue weighted by atomic mass is 10.2. The number of benzene rings is 1. The van der Waals surface area contributed by atoms with E-state index in [0.29, 0.717) is 17.0 Å². The number of halogens is 1. The summed E-state index contributed by atoms with van der Waals surface area (Å²) in [6, 6.07) is 8.58. The third-order valence-corrected chi connectivity index (χ3v) is 3.42. The van der Waals surface area contributed by atoms with Gasteiger partial charge in [0.25, 0.3) is 0 Å². The summed E-state index contributed by atoms with van der Waals surface area (Å²) in [6.07, 6.45) is 1.65. The van der Waals surface area contributed by atoms with E-state index in [-0.39, 0.29) is 5.82 Å². The van der Waals surface area contributed by atoms with Crippen molar-refractivity contribution < 1.29 is 13.5 Å². The van der Waals surface area contributed by atoms with E-state index in [2.05, 4.69) is 9.89 Å². The Kier molecular flexibility index (Phi) is 4.01. The number of morpholine rings is 1. The Balaban J connectivity index is 1.71. The summed E-state index contributed by atoms with van der Waals surface area (Å²) in [5, 5.41) is 0. The van der Waals surface area contributed by atoms with Crippen molar-refractivity contribution in [3.63, 3.8) is 0 Å². The summed E-state index contributed by atoms with van der Waals surface area (Å²) in [7, 11) is 0. The van der Waals surface area contributed by atoms with Crippen molar-refractivity contribution in [1.29, 1.82) is 0 Å². The molecule has 21 heavy (non-hydrogen) atoms. The summed E-state index contributed by atoms with van der Waals surface area (Å²) < 4.78 is 24.2. The van der Waals surface area contributed by atoms with Gasteiger partial charge in [0.2, 0.25) is 0 Å². The van der Waals surface area contributed by atoms with Crippen molar-refractivity contribution in [3.05, 3.63) is 47.5 Å². The molecule has 0 bridgehead atoms. The zero-order valence-corrected chi connectivity index (χ0v) is 11.9. The first kappa shape index (κ1) is 13.8. The number of aryl methyl sites for hydroxylation is 1. The van der Waals surface area contributed by atoms with Gasteiger partial charge in [0.05, 0.1) is 25.1 Å². The number of rotatable bonds is 3. The first-order valence-electron chi connectivity index (χ1n) is 6.95. The Hall–Kier alpha value is -2.14. The van der Waals surface area contributed by atoms with Crippen LogP contribution in [0.25, 0.3) is 0 Å². The Morgan fingerprint density at radius 3 is 2.76 bits per heavy atom. The van der Waals surface area contributed by atoms with Crippen molar-refractivity contribution in [1.82, 2.24) is 0 Å². The van der Waals surface area contributed by atoms with Gasteiger partial charge in [-0.1, -0.05) is 0 Å². The SMILES string of the molecule is Cc1cc(N=Cc2ccc(N3CCOCC3)o2)ccc1F. The molecular formula is C16H17FN2O2. The number of ether oxygens (including phenoxy) is 1. The van der Waals surface area contributed by atoms with Crippen LogP contribution in [0.4, 0.5) is 16.0 Å². The molecular weight excluding hydrogens is 271 g/mol. The van der Waals surface area contributed by atoms with Gasteiger partial charge < -0.3 is 14.1 Å². The second-order valence-corrected chi connectivity index (χ2v) is 4.97. The average Bonchev–Trinajstić information content (AvgIpc) is 2.98. The number of hydrogen-bond acceptors (Lipinski definition) is 4. The summed E-state index contributed by atoms with van der Waals surface area (Å²) in [4.78, 5) is 6.45. The molecule has 4 nitrogen and oxygen atoms in total. The molecule has 0 spiro atoms. The standard InChI is InChI=1S/C16H17FN2O2/c1-12-10-13(2-4-15(12)17)18-11-14-3-5-16(21-14)19-6-8-20-9-7-19/h2-5,10-11H,6-9H2,1H3. The molecule has 5 heteroatoms. The predicted octanol–water partition coefficient (Wildman–Crippen LogP) is 3.31. The number of furan rings is 1. The molecule has 0 amide bonds. The van der Waals surface area contributed by atoms with Crippen LogP contribution in [0.5, 0.6) is 0 Å². The monoisotopic (exact) mass is 288 g/mol. The van der Waals surface area contributed by atoms with E-state index in [1.54, 1.807) is 25.3 Å². The maximum Gasteiger partial charge on any atom is 0.196 e. The molecule has 1 aromatic carbocycles. The molecule has 1 saturated heterocycles. The molecule has 2 aromatic rings. The lowest BCUT2D eigenvalue weighted by Crippen LogP contribution is -2.35. The first-order chi connectivity index (χ1) is 10.2. The van der Waals surface area contributed by atoms with E-state index >= 15 is 0 Å². The van der Waals surface area contributed by atoms with Crippen molar-refractivity contribution >= 4 is 17.8 Å². The number of aliphatic imine (C=N–C) groups is 1. The minimum absolute atomic E-state index is 0.221. The molecule has 0 unspecified atom stereocenters. The van der Waals surface area contributed by atoms with Crippen LogP contribution >= 0.6 is 0 Å². The summed E-state index contributed by atoms with van der Waals surface area (Å²) in [6.45, 7) is 4.83. The van der Waals surface area contributed by atoms with E-state index in [9.17, 15) is 4.39 Å². The number of hydrogen-bond donors (Lipinski definition) is 0. The van der Waals surface area contributed by atoms with Gasteiger partial charge in [0.15, 0.2) is 5.88 Å². The van der Waals surface area contributed by atoms with Crippen molar-refractivity contribution in [2.24, 2.45) is 4.99 Å². The zero-order valence-electron chi connectivity index (χ0n) is 11.9. The fraction of sp³-hybridized carbons (Fsp3) is 0.312. The Morgan fingerprint density at radius 2 is 2.00 bits per heavy atom. The number of nitrogens with zero attached hydrogens (tertiary/aromatic N) is 2. The predicted molar refractivity (Wildman–Crippen MR) is 80.1 cm³/mol. The Labute approximate surface area is 122 Å². The van der Waals surface area contributed by atoms with Gasteiger partial charge in [0, 0.05) is 19.2 Å². The lowest BCUT2D eigenvalue weighted by Gasteiger charge is -2.26. The van der Waals surface area contributed by atoms with E-state index in [4.69, 9.17) is 9.15 Å². The molecule has 1 aliphatic rings. The van der Waals surface area contributed by atoms with Crippen LogP contribution in [0.15, 0.2) is 39.7 Å². The molecule has 1 fully saturated rings. The van der Waals surface area contributed by atoms with Gasteiger partial charge in [-0.3, -0.25) is 4.99 Å². The van der Waals surface area contributed by atoms with Crippen molar-refractivity contribution in [2.45, 2.75) is 6.92 Å². The third-order valence-electron chi connectivity index (χ3n) is 3.42. The summed E-state index contributed by atoms with van der Waals surface area (Å²) in [5.41, 5.74) is 1.29. The van der Waals surface area contributed by atoms with E-state index in [0.717, 1.165) is 32.2 Å². The Bertz CT molecular complexity index is 645. The maximum atomic E-state index is 13.2. The van der Waals surface area contributed by atoms with Gasteiger partial charge in [-0.25, -0.2) is 4.39 Å². The van der Waals surface area contributed by atoms with E-state index < -0.39 is 0 Å². The normalized spacial score (nSPS) is 15.8. The largest absolute Gasteiger partial charge is 0.440 e. The second-order valence-electron chi connectivity index (χ2n) is 4.97. The molecule has 110 valence electrons. The van der Waals surface area contributed by atoms with Crippen LogP contribution in [-0.4, -0.2) is 32.5 Å². The topological polar surface area (TPSA) is 38.0 Å². The molecule has 0 aliphatic carbocycles. The Morgan fingerprint density at radius 1 is 1.19 bits per heavy atom. The van der Waals surface area contributed by atoms with Gasteiger partial charge in [-0.2, -0.15) is 0 Å². The quantitative estimate of drug-likeness (QED) is 0.813.